The first-order valence-corrected chi connectivity index (χ1v) is 3.48. The second kappa shape index (κ2) is 2.49. The molecule has 0 aliphatic rings. The summed E-state index contributed by atoms with van der Waals surface area (Å²) in [5.41, 5.74) is -0.632. The van der Waals surface area contributed by atoms with Crippen molar-refractivity contribution in [1.29, 1.82) is 0 Å². The van der Waals surface area contributed by atoms with Gasteiger partial charge < -0.3 is 0 Å². The van der Waals surface area contributed by atoms with Crippen molar-refractivity contribution in [2.75, 3.05) is 0 Å². The molecule has 0 unspecified atom stereocenters. The van der Waals surface area contributed by atoms with Crippen molar-refractivity contribution < 1.29 is 1.37 Å². The summed E-state index contributed by atoms with van der Waals surface area (Å²) in [7, 11) is 0. The van der Waals surface area contributed by atoms with Crippen LogP contribution in [0.5, 0.6) is 0 Å². The van der Waals surface area contributed by atoms with Crippen LogP contribution in [0.2, 0.25) is 0 Å². The molecule has 11 heavy (non-hydrogen) atoms. The Balaban J connectivity index is 3.29. The third-order valence-corrected chi connectivity index (χ3v) is 1.39. The van der Waals surface area contributed by atoms with E-state index < -0.39 is 0 Å². The average Bonchev–Trinajstić information content (AvgIpc) is 1.83. The molecule has 1 aromatic rings. The molecule has 0 bridgehead atoms. The molecule has 0 saturated heterocycles. The highest BCUT2D eigenvalue weighted by Crippen LogP contribution is 2.08. The Kier molecular flexibility index (Phi) is 1.49. The molecule has 0 saturated carbocycles. The fourth-order valence-electron chi connectivity index (χ4n) is 0.829. The lowest BCUT2D eigenvalue weighted by atomic mass is 10.1. The summed E-state index contributed by atoms with van der Waals surface area (Å²) in [4.78, 5) is 14.7. The maximum Gasteiger partial charge on any atom is 0.347 e. The van der Waals surface area contributed by atoms with Gasteiger partial charge in [-0.15, -0.1) is 0 Å². The van der Waals surface area contributed by atoms with Gasteiger partial charge in [0, 0.05) is 17.9 Å². The fraction of sp³-hybridized carbons (Fsp3) is 0.500. The van der Waals surface area contributed by atoms with Crippen LogP contribution in [-0.4, -0.2) is 9.55 Å². The standard InChI is InChI=1S/C8H12N2O/c1-8(2,3)10-6-4-5-9-7(10)11/h4-6H,1-3H3/i5T. The quantitative estimate of drug-likeness (QED) is 0.558. The third-order valence-electron chi connectivity index (χ3n) is 1.39. The van der Waals surface area contributed by atoms with E-state index in [9.17, 15) is 4.79 Å². The van der Waals surface area contributed by atoms with Crippen molar-refractivity contribution in [3.05, 3.63) is 28.9 Å². The van der Waals surface area contributed by atoms with Crippen molar-refractivity contribution in [1.82, 2.24) is 9.55 Å². The Labute approximate surface area is 67.1 Å². The van der Waals surface area contributed by atoms with Crippen LogP contribution < -0.4 is 5.69 Å². The van der Waals surface area contributed by atoms with Crippen molar-refractivity contribution in [2.24, 2.45) is 0 Å². The number of hydrogen-bond acceptors (Lipinski definition) is 2. The Morgan fingerprint density at radius 2 is 2.27 bits per heavy atom. The lowest BCUT2D eigenvalue weighted by Crippen LogP contribution is -2.34. The highest BCUT2D eigenvalue weighted by atomic mass is 16.1. The van der Waals surface area contributed by atoms with Crippen LogP contribution in [0.3, 0.4) is 0 Å². The number of hydrogen-bond donors (Lipinski definition) is 0. The molecule has 0 aliphatic carbocycles. The molecule has 0 radical (unpaired) electrons. The molecule has 0 aromatic carbocycles. The molecule has 0 N–H and O–H groups in total. The van der Waals surface area contributed by atoms with Gasteiger partial charge in [0.15, 0.2) is 0 Å². The normalized spacial score (nSPS) is 12.8. The summed E-state index contributed by atoms with van der Waals surface area (Å²) in [6.45, 7) is 5.75. The summed E-state index contributed by atoms with van der Waals surface area (Å²) in [5.74, 6) is 0. The zero-order valence-electron chi connectivity index (χ0n) is 7.96. The average molecular weight is 154 g/mol. The molecular formula is C8H12N2O. The number of nitrogens with zero attached hydrogens (tertiary/aromatic N) is 2. The van der Waals surface area contributed by atoms with E-state index in [1.165, 1.54) is 10.6 Å². The van der Waals surface area contributed by atoms with Gasteiger partial charge in [-0.2, -0.15) is 0 Å². The number of rotatable bonds is 0. The molecule has 0 atom stereocenters. The zero-order chi connectivity index (χ0) is 9.35. The van der Waals surface area contributed by atoms with Crippen LogP contribution in [0.1, 0.15) is 22.1 Å². The molecule has 1 aromatic heterocycles. The summed E-state index contributed by atoms with van der Waals surface area (Å²) < 4.78 is 8.62. The van der Waals surface area contributed by atoms with Gasteiger partial charge in [-0.1, -0.05) is 0 Å². The fourth-order valence-corrected chi connectivity index (χ4v) is 0.829. The molecule has 3 nitrogen and oxygen atoms in total. The van der Waals surface area contributed by atoms with Crippen LogP contribution in [0, 0.1) is 0 Å². The predicted molar refractivity (Wildman–Crippen MR) is 43.5 cm³/mol. The van der Waals surface area contributed by atoms with E-state index in [1.54, 1.807) is 6.20 Å². The Bertz CT molecular complexity index is 338. The lowest BCUT2D eigenvalue weighted by Gasteiger charge is -2.20. The minimum absolute atomic E-state index is 0.0144. The maximum atomic E-state index is 11.2. The highest BCUT2D eigenvalue weighted by Gasteiger charge is 2.13. The van der Waals surface area contributed by atoms with E-state index in [0.29, 0.717) is 0 Å². The monoisotopic (exact) mass is 154 g/mol. The Hall–Kier alpha value is -1.12. The molecule has 0 fully saturated rings. The summed E-state index contributed by atoms with van der Waals surface area (Å²) >= 11 is 0. The van der Waals surface area contributed by atoms with Crippen molar-refractivity contribution in [3.63, 3.8) is 0 Å². The second-order valence-electron chi connectivity index (χ2n) is 3.38. The van der Waals surface area contributed by atoms with Crippen LogP contribution in [-0.2, 0) is 5.54 Å². The third kappa shape index (κ3) is 1.67. The first kappa shape index (κ1) is 6.58. The molecule has 0 amide bonds. The van der Waals surface area contributed by atoms with Crippen molar-refractivity contribution >= 4 is 0 Å². The largest absolute Gasteiger partial charge is 0.347 e. The van der Waals surface area contributed by atoms with Crippen LogP contribution in [0.25, 0.3) is 0 Å². The van der Waals surface area contributed by atoms with Gasteiger partial charge in [0.25, 0.3) is 0 Å². The second-order valence-corrected chi connectivity index (χ2v) is 3.38. The van der Waals surface area contributed by atoms with E-state index >= 15 is 0 Å². The van der Waals surface area contributed by atoms with E-state index in [4.69, 9.17) is 1.37 Å². The van der Waals surface area contributed by atoms with Crippen LogP contribution in [0.15, 0.2) is 23.2 Å². The molecule has 1 heterocycles. The maximum absolute atomic E-state index is 11.2. The Morgan fingerprint density at radius 3 is 2.73 bits per heavy atom. The highest BCUT2D eigenvalue weighted by molar-refractivity contribution is 4.86. The first-order chi connectivity index (χ1) is 5.41. The summed E-state index contributed by atoms with van der Waals surface area (Å²) in [6, 6.07) is 1.51. The first-order valence-electron chi connectivity index (χ1n) is 3.98. The van der Waals surface area contributed by atoms with Gasteiger partial charge in [-0.25, -0.2) is 9.78 Å². The number of aromatic nitrogens is 2. The summed E-state index contributed by atoms with van der Waals surface area (Å²) in [5, 5.41) is 0. The summed E-state index contributed by atoms with van der Waals surface area (Å²) in [6.07, 6.45) is 1.61. The minimum atomic E-state index is -0.366. The lowest BCUT2D eigenvalue weighted by molar-refractivity contribution is 0.377. The SMILES string of the molecule is [3H]c1ccn(C(C)(C)C)c(=O)n1. The molecule has 0 aliphatic heterocycles. The zero-order valence-corrected chi connectivity index (χ0v) is 6.96. The molecule has 1 rings (SSSR count). The molecular weight excluding hydrogens is 140 g/mol. The van der Waals surface area contributed by atoms with E-state index in [1.807, 2.05) is 20.8 Å². The van der Waals surface area contributed by atoms with Gasteiger partial charge >= 0.3 is 5.69 Å². The van der Waals surface area contributed by atoms with Gasteiger partial charge in [-0.05, 0) is 26.8 Å². The molecule has 3 heteroatoms. The molecule has 60 valence electrons. The smallest absolute Gasteiger partial charge is 0.294 e. The van der Waals surface area contributed by atoms with Crippen LogP contribution >= 0.6 is 0 Å². The van der Waals surface area contributed by atoms with E-state index in [2.05, 4.69) is 4.98 Å². The predicted octanol–water partition coefficient (Wildman–Crippen LogP) is 0.998. The topological polar surface area (TPSA) is 34.9 Å². The van der Waals surface area contributed by atoms with Crippen molar-refractivity contribution in [3.8, 4) is 0 Å². The van der Waals surface area contributed by atoms with Gasteiger partial charge in [0.05, 0.1) is 1.37 Å². The van der Waals surface area contributed by atoms with Crippen LogP contribution in [0.4, 0.5) is 0 Å². The minimum Gasteiger partial charge on any atom is -0.294 e. The van der Waals surface area contributed by atoms with E-state index in [0.717, 1.165) is 0 Å². The van der Waals surface area contributed by atoms with Crippen molar-refractivity contribution in [2.45, 2.75) is 26.3 Å². The van der Waals surface area contributed by atoms with Gasteiger partial charge in [0.2, 0.25) is 0 Å². The Morgan fingerprint density at radius 1 is 1.64 bits per heavy atom. The van der Waals surface area contributed by atoms with E-state index in [-0.39, 0.29) is 17.4 Å². The molecule has 0 spiro atoms. The van der Waals surface area contributed by atoms with Gasteiger partial charge in [-0.3, -0.25) is 4.57 Å². The van der Waals surface area contributed by atoms with Gasteiger partial charge in [0.1, 0.15) is 0 Å².